The van der Waals surface area contributed by atoms with Crippen LogP contribution in [-0.4, -0.2) is 37.2 Å². The zero-order valence-electron chi connectivity index (χ0n) is 16.8. The Labute approximate surface area is 170 Å². The van der Waals surface area contributed by atoms with E-state index in [0.717, 1.165) is 36.6 Å². The Bertz CT molecular complexity index is 1030. The van der Waals surface area contributed by atoms with E-state index in [1.165, 1.54) is 0 Å². The van der Waals surface area contributed by atoms with Crippen LogP contribution in [0.5, 0.6) is 0 Å². The maximum absolute atomic E-state index is 11.8. The minimum atomic E-state index is -0.630. The first-order valence-corrected chi connectivity index (χ1v) is 10.0. The van der Waals surface area contributed by atoms with E-state index in [-0.39, 0.29) is 6.04 Å². The summed E-state index contributed by atoms with van der Waals surface area (Å²) in [5, 5.41) is 14.5. The van der Waals surface area contributed by atoms with Crippen molar-refractivity contribution < 1.29 is 9.90 Å². The number of aliphatic hydroxyl groups is 1. The van der Waals surface area contributed by atoms with Crippen molar-refractivity contribution in [2.75, 3.05) is 5.32 Å². The van der Waals surface area contributed by atoms with Crippen molar-refractivity contribution in [1.29, 1.82) is 0 Å². The van der Waals surface area contributed by atoms with E-state index in [4.69, 9.17) is 5.73 Å². The number of anilines is 1. The van der Waals surface area contributed by atoms with Gasteiger partial charge in [0.25, 0.3) is 5.91 Å². The maximum atomic E-state index is 11.8. The van der Waals surface area contributed by atoms with E-state index in [1.54, 1.807) is 12.4 Å². The zero-order chi connectivity index (χ0) is 20.6. The largest absolute Gasteiger partial charge is 0.390 e. The predicted molar refractivity (Wildman–Crippen MR) is 113 cm³/mol. The van der Waals surface area contributed by atoms with Crippen LogP contribution in [0.2, 0.25) is 0 Å². The second-order valence-corrected chi connectivity index (χ2v) is 8.38. The molecular formula is C22H27N5O2. The summed E-state index contributed by atoms with van der Waals surface area (Å²) in [5.41, 5.74) is 6.26. The number of rotatable bonds is 5. The van der Waals surface area contributed by atoms with E-state index in [1.807, 2.05) is 48.7 Å². The zero-order valence-corrected chi connectivity index (χ0v) is 16.8. The van der Waals surface area contributed by atoms with Crippen LogP contribution in [-0.2, 0) is 0 Å². The summed E-state index contributed by atoms with van der Waals surface area (Å²) >= 11 is 0. The van der Waals surface area contributed by atoms with E-state index >= 15 is 0 Å². The van der Waals surface area contributed by atoms with Gasteiger partial charge in [0.1, 0.15) is 5.82 Å². The van der Waals surface area contributed by atoms with Crippen LogP contribution in [0.3, 0.4) is 0 Å². The van der Waals surface area contributed by atoms with Crippen molar-refractivity contribution >= 4 is 22.8 Å². The Morgan fingerprint density at radius 1 is 1.21 bits per heavy atom. The van der Waals surface area contributed by atoms with Gasteiger partial charge < -0.3 is 20.7 Å². The van der Waals surface area contributed by atoms with Crippen LogP contribution in [0.15, 0.2) is 42.7 Å². The molecule has 1 aromatic carbocycles. The number of para-hydroxylation sites is 1. The molecule has 29 heavy (non-hydrogen) atoms. The molecule has 3 aromatic rings. The molecule has 7 heteroatoms. The Morgan fingerprint density at radius 2 is 1.93 bits per heavy atom. The van der Waals surface area contributed by atoms with Gasteiger partial charge in [-0.1, -0.05) is 18.2 Å². The lowest BCUT2D eigenvalue weighted by Crippen LogP contribution is -2.37. The molecular weight excluding hydrogens is 366 g/mol. The molecule has 1 aliphatic rings. The second kappa shape index (κ2) is 7.48. The van der Waals surface area contributed by atoms with Crippen LogP contribution >= 0.6 is 0 Å². The highest BCUT2D eigenvalue weighted by Gasteiger charge is 2.31. The van der Waals surface area contributed by atoms with E-state index in [0.29, 0.717) is 23.2 Å². The third kappa shape index (κ3) is 3.96. The van der Waals surface area contributed by atoms with Gasteiger partial charge >= 0.3 is 0 Å². The van der Waals surface area contributed by atoms with Crippen LogP contribution < -0.4 is 11.1 Å². The summed E-state index contributed by atoms with van der Waals surface area (Å²) in [5.74, 6) is 1.10. The third-order valence-electron chi connectivity index (χ3n) is 5.92. The molecule has 0 spiro atoms. The number of primary amides is 1. The molecule has 0 unspecified atom stereocenters. The number of carbonyl (C=O) groups is 1. The predicted octanol–water partition coefficient (Wildman–Crippen LogP) is 3.26. The summed E-state index contributed by atoms with van der Waals surface area (Å²) in [6, 6.07) is 9.73. The van der Waals surface area contributed by atoms with Crippen LogP contribution in [0.25, 0.3) is 16.7 Å². The van der Waals surface area contributed by atoms with E-state index in [2.05, 4.69) is 15.3 Å². The maximum Gasteiger partial charge on any atom is 0.250 e. The fourth-order valence-electron chi connectivity index (χ4n) is 4.25. The monoisotopic (exact) mass is 393 g/mol. The lowest BCUT2D eigenvalue weighted by Gasteiger charge is -2.36. The number of benzene rings is 1. The molecule has 152 valence electrons. The molecule has 0 aliphatic heterocycles. The van der Waals surface area contributed by atoms with Gasteiger partial charge in [0, 0.05) is 23.8 Å². The first kappa shape index (κ1) is 19.4. The lowest BCUT2D eigenvalue weighted by molar-refractivity contribution is -0.000417. The number of hydrogen-bond donors (Lipinski definition) is 3. The van der Waals surface area contributed by atoms with Crippen molar-refractivity contribution in [2.45, 2.75) is 51.2 Å². The summed E-state index contributed by atoms with van der Waals surface area (Å²) in [4.78, 5) is 20.9. The molecule has 1 amide bonds. The fraction of sp³-hybridized carbons (Fsp3) is 0.409. The summed E-state index contributed by atoms with van der Waals surface area (Å²) in [6.07, 6.45) is 7.34. The molecule has 0 atom stereocenters. The smallest absolute Gasteiger partial charge is 0.250 e. The molecule has 2 aromatic heterocycles. The van der Waals surface area contributed by atoms with Gasteiger partial charge in [0.05, 0.1) is 16.7 Å². The highest BCUT2D eigenvalue weighted by molar-refractivity contribution is 6.06. The quantitative estimate of drug-likeness (QED) is 0.617. The highest BCUT2D eigenvalue weighted by Crippen LogP contribution is 2.33. The van der Waals surface area contributed by atoms with Crippen molar-refractivity contribution in [3.8, 4) is 5.82 Å². The summed E-state index contributed by atoms with van der Waals surface area (Å²) < 4.78 is 1.87. The number of nitrogens with zero attached hydrogens (tertiary/aromatic N) is 3. The molecule has 0 saturated heterocycles. The topological polar surface area (TPSA) is 106 Å². The van der Waals surface area contributed by atoms with Gasteiger partial charge in [-0.15, -0.1) is 0 Å². The Hall–Kier alpha value is -2.93. The molecule has 2 heterocycles. The number of carbonyl (C=O) groups excluding carboxylic acids is 1. The number of aromatic nitrogens is 3. The Morgan fingerprint density at radius 3 is 2.62 bits per heavy atom. The summed E-state index contributed by atoms with van der Waals surface area (Å²) in [7, 11) is 0. The van der Waals surface area contributed by atoms with Crippen molar-refractivity contribution in [3.05, 3.63) is 48.3 Å². The van der Waals surface area contributed by atoms with Gasteiger partial charge in [-0.05, 0) is 57.6 Å². The average molecular weight is 393 g/mol. The minimum absolute atomic E-state index is 0.284. The van der Waals surface area contributed by atoms with Gasteiger partial charge in [-0.3, -0.25) is 4.79 Å². The number of nitrogens with one attached hydrogen (secondary N) is 1. The van der Waals surface area contributed by atoms with Gasteiger partial charge in [0.15, 0.2) is 0 Å². The number of amides is 1. The first-order chi connectivity index (χ1) is 13.8. The third-order valence-corrected chi connectivity index (χ3v) is 5.92. The molecule has 0 radical (unpaired) electrons. The van der Waals surface area contributed by atoms with Crippen molar-refractivity contribution in [3.63, 3.8) is 0 Å². The standard InChI is InChI=1S/C22H27N5O2/c1-22(2,29)14-7-9-15(10-8-14)25-21-24-12-11-19(26-21)27-13-17(20(23)28)16-5-3-4-6-18(16)27/h3-6,11-15,29H,7-10H2,1-2H3,(H2,23,28)(H,24,25,26)/t14-,15-. The molecule has 7 nitrogen and oxygen atoms in total. The van der Waals surface area contributed by atoms with Gasteiger partial charge in [-0.25, -0.2) is 4.98 Å². The average Bonchev–Trinajstić information content (AvgIpc) is 3.08. The van der Waals surface area contributed by atoms with E-state index < -0.39 is 11.5 Å². The van der Waals surface area contributed by atoms with Crippen LogP contribution in [0, 0.1) is 5.92 Å². The minimum Gasteiger partial charge on any atom is -0.390 e. The molecule has 1 saturated carbocycles. The fourth-order valence-corrected chi connectivity index (χ4v) is 4.25. The molecule has 4 rings (SSSR count). The van der Waals surface area contributed by atoms with E-state index in [9.17, 15) is 9.90 Å². The molecule has 4 N–H and O–H groups in total. The molecule has 0 bridgehead atoms. The first-order valence-electron chi connectivity index (χ1n) is 10.0. The normalized spacial score (nSPS) is 20.0. The number of nitrogens with two attached hydrogens (primary N) is 1. The van der Waals surface area contributed by atoms with Crippen LogP contribution in [0.4, 0.5) is 5.95 Å². The Kier molecular flexibility index (Phi) is 5.00. The Balaban J connectivity index is 1.56. The van der Waals surface area contributed by atoms with Gasteiger partial charge in [0.2, 0.25) is 5.95 Å². The molecule has 1 fully saturated rings. The number of fused-ring (bicyclic) bond motifs is 1. The van der Waals surface area contributed by atoms with Crippen molar-refractivity contribution in [2.24, 2.45) is 11.7 Å². The van der Waals surface area contributed by atoms with Crippen LogP contribution in [0.1, 0.15) is 49.9 Å². The van der Waals surface area contributed by atoms with Gasteiger partial charge in [-0.2, -0.15) is 4.98 Å². The summed E-state index contributed by atoms with van der Waals surface area (Å²) in [6.45, 7) is 3.78. The lowest BCUT2D eigenvalue weighted by atomic mass is 9.77. The SMILES string of the molecule is CC(C)(O)[C@H]1CC[C@H](Nc2nccc(-n3cc(C(N)=O)c4ccccc43)n2)CC1. The molecule has 1 aliphatic carbocycles. The van der Waals surface area contributed by atoms with Crippen molar-refractivity contribution in [1.82, 2.24) is 14.5 Å². The second-order valence-electron chi connectivity index (χ2n) is 8.38. The number of hydrogen-bond acceptors (Lipinski definition) is 5. The highest BCUT2D eigenvalue weighted by atomic mass is 16.3.